The van der Waals surface area contributed by atoms with Crippen molar-refractivity contribution in [3.8, 4) is 0 Å². The fourth-order valence-corrected chi connectivity index (χ4v) is 2.81. The summed E-state index contributed by atoms with van der Waals surface area (Å²) in [6, 6.07) is 15.7. The predicted molar refractivity (Wildman–Crippen MR) is 83.5 cm³/mol. The van der Waals surface area contributed by atoms with Crippen molar-refractivity contribution in [3.05, 3.63) is 64.1 Å². The second-order valence-corrected chi connectivity index (χ2v) is 5.73. The minimum absolute atomic E-state index is 0.00593. The number of halogens is 1. The molecule has 2 N–H and O–H groups in total. The third-order valence-electron chi connectivity index (χ3n) is 3.53. The number of hydrogen-bond donors (Lipinski definition) is 2. The zero-order valence-corrected chi connectivity index (χ0v) is 12.5. The number of nitrogens with one attached hydrogen (secondary N) is 2. The van der Waals surface area contributed by atoms with Gasteiger partial charge in [0.1, 0.15) is 0 Å². The summed E-state index contributed by atoms with van der Waals surface area (Å²) in [7, 11) is 0. The monoisotopic (exact) mass is 330 g/mol. The van der Waals surface area contributed by atoms with E-state index >= 15 is 0 Å². The number of hydrogen-bond acceptors (Lipinski definition) is 2. The molecule has 2 aromatic carbocycles. The molecule has 0 aliphatic carbocycles. The topological polar surface area (TPSA) is 41.1 Å². The molecule has 0 unspecified atom stereocenters. The van der Waals surface area contributed by atoms with Crippen molar-refractivity contribution in [2.75, 3.05) is 5.32 Å². The summed E-state index contributed by atoms with van der Waals surface area (Å²) >= 11 is 3.44. The molecule has 102 valence electrons. The molecule has 1 aliphatic rings. The van der Waals surface area contributed by atoms with Crippen molar-refractivity contribution in [2.24, 2.45) is 0 Å². The molecule has 0 bridgehead atoms. The Bertz CT molecular complexity index is 642. The number of carbonyl (C=O) groups excluding carboxylic acids is 1. The molecule has 3 rings (SSSR count). The molecule has 2 aromatic rings. The summed E-state index contributed by atoms with van der Waals surface area (Å²) in [4.78, 5) is 12.3. The van der Waals surface area contributed by atoms with Gasteiger partial charge < -0.3 is 10.6 Å². The van der Waals surface area contributed by atoms with Crippen molar-refractivity contribution in [2.45, 2.75) is 19.0 Å². The van der Waals surface area contributed by atoms with Crippen LogP contribution in [0, 0.1) is 0 Å². The van der Waals surface area contributed by atoms with Gasteiger partial charge in [-0.05, 0) is 45.6 Å². The number of rotatable bonds is 2. The van der Waals surface area contributed by atoms with E-state index in [9.17, 15) is 4.79 Å². The number of amides is 1. The zero-order chi connectivity index (χ0) is 13.9. The van der Waals surface area contributed by atoms with Crippen LogP contribution >= 0.6 is 15.9 Å². The average molecular weight is 331 g/mol. The van der Waals surface area contributed by atoms with Gasteiger partial charge in [-0.2, -0.15) is 0 Å². The lowest BCUT2D eigenvalue weighted by Crippen LogP contribution is -2.44. The van der Waals surface area contributed by atoms with Crippen LogP contribution in [-0.4, -0.2) is 11.9 Å². The van der Waals surface area contributed by atoms with E-state index in [-0.39, 0.29) is 11.9 Å². The van der Waals surface area contributed by atoms with E-state index in [1.807, 2.05) is 36.4 Å². The lowest BCUT2D eigenvalue weighted by molar-refractivity contribution is -0.118. The van der Waals surface area contributed by atoms with Crippen LogP contribution in [-0.2, 0) is 17.8 Å². The second-order valence-electron chi connectivity index (χ2n) is 4.88. The maximum atomic E-state index is 12.3. The van der Waals surface area contributed by atoms with Gasteiger partial charge in [0.15, 0.2) is 0 Å². The van der Waals surface area contributed by atoms with E-state index in [0.717, 1.165) is 23.1 Å². The molecule has 1 heterocycles. The summed E-state index contributed by atoms with van der Waals surface area (Å²) in [6.45, 7) is 0.740. The van der Waals surface area contributed by atoms with Gasteiger partial charge in [-0.1, -0.05) is 36.4 Å². The van der Waals surface area contributed by atoms with Crippen LogP contribution in [0.5, 0.6) is 0 Å². The van der Waals surface area contributed by atoms with E-state index in [4.69, 9.17) is 0 Å². The summed E-state index contributed by atoms with van der Waals surface area (Å²) in [5.74, 6) is 0.00593. The maximum Gasteiger partial charge on any atom is 0.241 e. The molecule has 0 fully saturated rings. The minimum Gasteiger partial charge on any atom is -0.324 e. The van der Waals surface area contributed by atoms with E-state index in [1.54, 1.807) is 0 Å². The lowest BCUT2D eigenvalue weighted by atomic mass is 9.95. The fourth-order valence-electron chi connectivity index (χ4n) is 2.42. The first-order valence-corrected chi connectivity index (χ1v) is 7.39. The van der Waals surface area contributed by atoms with Crippen molar-refractivity contribution in [3.63, 3.8) is 0 Å². The molecule has 0 radical (unpaired) electrons. The standard InChI is InChI=1S/C16H15BrN2O/c17-13-7-3-4-8-14(13)19-16(20)15-9-11-5-1-2-6-12(11)10-18-15/h1-8,15,18H,9-10H2,(H,19,20)/t15-/m1/s1. The first kappa shape index (κ1) is 13.3. The lowest BCUT2D eigenvalue weighted by Gasteiger charge is -2.25. The van der Waals surface area contributed by atoms with Crippen molar-refractivity contribution >= 4 is 27.5 Å². The molecule has 0 saturated heterocycles. The number of fused-ring (bicyclic) bond motifs is 1. The molecule has 4 heteroatoms. The van der Waals surface area contributed by atoms with Gasteiger partial charge in [-0.15, -0.1) is 0 Å². The Hall–Kier alpha value is -1.65. The molecule has 20 heavy (non-hydrogen) atoms. The molecule has 1 atom stereocenters. The quantitative estimate of drug-likeness (QED) is 0.888. The molecular weight excluding hydrogens is 316 g/mol. The van der Waals surface area contributed by atoms with Gasteiger partial charge in [0.25, 0.3) is 0 Å². The number of carbonyl (C=O) groups is 1. The van der Waals surface area contributed by atoms with Gasteiger partial charge in [-0.3, -0.25) is 4.79 Å². The molecule has 3 nitrogen and oxygen atoms in total. The van der Waals surface area contributed by atoms with Crippen LogP contribution in [0.3, 0.4) is 0 Å². The highest BCUT2D eigenvalue weighted by atomic mass is 79.9. The van der Waals surface area contributed by atoms with Gasteiger partial charge in [0.2, 0.25) is 5.91 Å². The smallest absolute Gasteiger partial charge is 0.241 e. The highest BCUT2D eigenvalue weighted by Gasteiger charge is 2.24. The first-order valence-electron chi connectivity index (χ1n) is 6.59. The number of anilines is 1. The Morgan fingerprint density at radius 1 is 1.10 bits per heavy atom. The Morgan fingerprint density at radius 2 is 1.80 bits per heavy atom. The third kappa shape index (κ3) is 2.76. The van der Waals surface area contributed by atoms with Crippen LogP contribution in [0.1, 0.15) is 11.1 Å². The minimum atomic E-state index is -0.183. The van der Waals surface area contributed by atoms with Crippen molar-refractivity contribution in [1.29, 1.82) is 0 Å². The van der Waals surface area contributed by atoms with Crippen LogP contribution < -0.4 is 10.6 Å². The Kier molecular flexibility index (Phi) is 3.85. The normalized spacial score (nSPS) is 17.4. The number of para-hydroxylation sites is 1. The van der Waals surface area contributed by atoms with Crippen molar-refractivity contribution in [1.82, 2.24) is 5.32 Å². The first-order chi connectivity index (χ1) is 9.74. The fraction of sp³-hybridized carbons (Fsp3) is 0.188. The Balaban J connectivity index is 1.72. The molecular formula is C16H15BrN2O. The SMILES string of the molecule is O=C(Nc1ccccc1Br)[C@H]1Cc2ccccc2CN1. The van der Waals surface area contributed by atoms with Crippen LogP contribution in [0.25, 0.3) is 0 Å². The van der Waals surface area contributed by atoms with Gasteiger partial charge in [-0.25, -0.2) is 0 Å². The molecule has 0 spiro atoms. The summed E-state index contributed by atoms with van der Waals surface area (Å²) in [5.41, 5.74) is 3.33. The molecule has 0 aromatic heterocycles. The molecule has 1 aliphatic heterocycles. The van der Waals surface area contributed by atoms with E-state index in [0.29, 0.717) is 0 Å². The van der Waals surface area contributed by atoms with E-state index < -0.39 is 0 Å². The van der Waals surface area contributed by atoms with Crippen LogP contribution in [0.2, 0.25) is 0 Å². The maximum absolute atomic E-state index is 12.3. The van der Waals surface area contributed by atoms with Gasteiger partial charge in [0, 0.05) is 11.0 Å². The van der Waals surface area contributed by atoms with Crippen LogP contribution in [0.15, 0.2) is 53.0 Å². The van der Waals surface area contributed by atoms with Crippen LogP contribution in [0.4, 0.5) is 5.69 Å². The predicted octanol–water partition coefficient (Wildman–Crippen LogP) is 3.10. The van der Waals surface area contributed by atoms with Gasteiger partial charge >= 0.3 is 0 Å². The zero-order valence-electron chi connectivity index (χ0n) is 10.9. The third-order valence-corrected chi connectivity index (χ3v) is 4.22. The van der Waals surface area contributed by atoms with E-state index in [1.165, 1.54) is 11.1 Å². The Labute approximate surface area is 126 Å². The molecule has 1 amide bonds. The van der Waals surface area contributed by atoms with Crippen molar-refractivity contribution < 1.29 is 4.79 Å². The number of benzene rings is 2. The highest BCUT2D eigenvalue weighted by Crippen LogP contribution is 2.22. The Morgan fingerprint density at radius 3 is 2.60 bits per heavy atom. The van der Waals surface area contributed by atoms with Gasteiger partial charge in [0.05, 0.1) is 11.7 Å². The second kappa shape index (κ2) is 5.77. The summed E-state index contributed by atoms with van der Waals surface area (Å²) in [5, 5.41) is 6.25. The highest BCUT2D eigenvalue weighted by molar-refractivity contribution is 9.10. The average Bonchev–Trinajstić information content (AvgIpc) is 2.49. The summed E-state index contributed by atoms with van der Waals surface area (Å²) < 4.78 is 0.893. The molecule has 0 saturated carbocycles. The van der Waals surface area contributed by atoms with E-state index in [2.05, 4.69) is 38.7 Å². The largest absolute Gasteiger partial charge is 0.324 e. The summed E-state index contributed by atoms with van der Waals surface area (Å²) in [6.07, 6.45) is 0.729.